The number of rotatable bonds is 3. The highest BCUT2D eigenvalue weighted by Crippen LogP contribution is 2.24. The van der Waals surface area contributed by atoms with Crippen molar-refractivity contribution in [3.05, 3.63) is 34.3 Å². The minimum Gasteiger partial charge on any atom is -0.344 e. The number of fused-ring (bicyclic) bond motifs is 1. The molecule has 1 aliphatic heterocycles. The van der Waals surface area contributed by atoms with E-state index < -0.39 is 0 Å². The number of aryl methyl sites for hydroxylation is 1. The van der Waals surface area contributed by atoms with Crippen LogP contribution in [0.4, 0.5) is 5.13 Å². The molecule has 0 amide bonds. The van der Waals surface area contributed by atoms with Crippen LogP contribution in [0.1, 0.15) is 10.6 Å². The van der Waals surface area contributed by atoms with E-state index in [1.807, 2.05) is 29.0 Å². The second-order valence-electron chi connectivity index (χ2n) is 5.34. The van der Waals surface area contributed by atoms with Gasteiger partial charge >= 0.3 is 0 Å². The Labute approximate surface area is 131 Å². The molecule has 3 aromatic heterocycles. The highest BCUT2D eigenvalue weighted by Gasteiger charge is 2.20. The molecule has 0 aliphatic carbocycles. The lowest BCUT2D eigenvalue weighted by atomic mass is 10.3. The average molecular weight is 319 g/mol. The second kappa shape index (κ2) is 5.40. The standard InChI is InChI=1S/C14H17N5S2/c1-11-9-19-13(15-11)21-14(16-19)18-6-4-17(5-7-18)10-12-3-2-8-20-12/h2-3,8-9H,4-7,10H2,1H3. The maximum Gasteiger partial charge on any atom is 0.214 e. The van der Waals surface area contributed by atoms with Gasteiger partial charge in [0.05, 0.1) is 11.9 Å². The van der Waals surface area contributed by atoms with Crippen LogP contribution in [0.15, 0.2) is 23.7 Å². The molecule has 0 saturated carbocycles. The molecule has 1 saturated heterocycles. The van der Waals surface area contributed by atoms with Gasteiger partial charge in [0.1, 0.15) is 0 Å². The zero-order chi connectivity index (χ0) is 14.2. The first-order valence-electron chi connectivity index (χ1n) is 7.10. The van der Waals surface area contributed by atoms with Crippen LogP contribution in [0.25, 0.3) is 4.96 Å². The second-order valence-corrected chi connectivity index (χ2v) is 7.30. The van der Waals surface area contributed by atoms with Crippen molar-refractivity contribution in [3.8, 4) is 0 Å². The number of hydrogen-bond donors (Lipinski definition) is 0. The normalized spacial score (nSPS) is 16.9. The Morgan fingerprint density at radius 2 is 2.10 bits per heavy atom. The lowest BCUT2D eigenvalue weighted by Gasteiger charge is -2.34. The quantitative estimate of drug-likeness (QED) is 0.743. The van der Waals surface area contributed by atoms with Gasteiger partial charge in [-0.2, -0.15) is 0 Å². The topological polar surface area (TPSA) is 36.7 Å². The minimum atomic E-state index is 0.989. The van der Waals surface area contributed by atoms with E-state index in [1.54, 1.807) is 11.3 Å². The van der Waals surface area contributed by atoms with Crippen LogP contribution in [-0.4, -0.2) is 45.7 Å². The third-order valence-electron chi connectivity index (χ3n) is 3.76. The summed E-state index contributed by atoms with van der Waals surface area (Å²) in [4.78, 5) is 11.8. The van der Waals surface area contributed by atoms with Gasteiger partial charge in [-0.1, -0.05) is 17.4 Å². The maximum atomic E-state index is 4.64. The Kier molecular flexibility index (Phi) is 3.40. The summed E-state index contributed by atoms with van der Waals surface area (Å²) in [6.07, 6.45) is 1.99. The molecule has 4 rings (SSSR count). The summed E-state index contributed by atoms with van der Waals surface area (Å²) in [6.45, 7) is 7.36. The number of aromatic nitrogens is 3. The SMILES string of the molecule is Cc1cn2nc(N3CCN(Cc4cccs4)CC3)sc2n1. The van der Waals surface area contributed by atoms with Crippen LogP contribution in [0.5, 0.6) is 0 Å². The molecular weight excluding hydrogens is 302 g/mol. The molecule has 0 N–H and O–H groups in total. The van der Waals surface area contributed by atoms with Crippen LogP contribution in [0.2, 0.25) is 0 Å². The maximum absolute atomic E-state index is 4.64. The molecule has 0 radical (unpaired) electrons. The van der Waals surface area contributed by atoms with E-state index in [0.29, 0.717) is 0 Å². The van der Waals surface area contributed by atoms with Crippen molar-refractivity contribution >= 4 is 32.8 Å². The summed E-state index contributed by atoms with van der Waals surface area (Å²) in [5.74, 6) is 0. The van der Waals surface area contributed by atoms with Gasteiger partial charge in [0.25, 0.3) is 0 Å². The summed E-state index contributed by atoms with van der Waals surface area (Å²) in [7, 11) is 0. The molecule has 0 atom stereocenters. The third-order valence-corrected chi connectivity index (χ3v) is 5.60. The molecule has 0 unspecified atom stereocenters. The fraction of sp³-hybridized carbons (Fsp3) is 0.429. The lowest BCUT2D eigenvalue weighted by molar-refractivity contribution is 0.251. The molecule has 0 aromatic carbocycles. The molecule has 3 aromatic rings. The van der Waals surface area contributed by atoms with Crippen LogP contribution < -0.4 is 4.90 Å². The van der Waals surface area contributed by atoms with Gasteiger partial charge in [-0.15, -0.1) is 16.4 Å². The lowest BCUT2D eigenvalue weighted by Crippen LogP contribution is -2.45. The van der Waals surface area contributed by atoms with Crippen molar-refractivity contribution in [2.24, 2.45) is 0 Å². The predicted molar refractivity (Wildman–Crippen MR) is 87.4 cm³/mol. The van der Waals surface area contributed by atoms with Crippen molar-refractivity contribution in [1.29, 1.82) is 0 Å². The van der Waals surface area contributed by atoms with Crippen LogP contribution in [0.3, 0.4) is 0 Å². The van der Waals surface area contributed by atoms with Gasteiger partial charge in [0, 0.05) is 37.6 Å². The van der Waals surface area contributed by atoms with Gasteiger partial charge in [0.2, 0.25) is 10.1 Å². The zero-order valence-electron chi connectivity index (χ0n) is 11.9. The van der Waals surface area contributed by atoms with E-state index in [1.165, 1.54) is 4.88 Å². The third kappa shape index (κ3) is 2.68. The summed E-state index contributed by atoms with van der Waals surface area (Å²) in [6, 6.07) is 4.35. The highest BCUT2D eigenvalue weighted by molar-refractivity contribution is 7.20. The van der Waals surface area contributed by atoms with Crippen LogP contribution in [-0.2, 0) is 6.54 Å². The highest BCUT2D eigenvalue weighted by atomic mass is 32.1. The number of piperazine rings is 1. The van der Waals surface area contributed by atoms with E-state index in [-0.39, 0.29) is 0 Å². The molecule has 1 aliphatic rings. The molecular formula is C14H17N5S2. The Balaban J connectivity index is 1.41. The van der Waals surface area contributed by atoms with E-state index in [4.69, 9.17) is 0 Å². The molecule has 4 heterocycles. The first-order valence-corrected chi connectivity index (χ1v) is 8.80. The van der Waals surface area contributed by atoms with E-state index in [9.17, 15) is 0 Å². The number of anilines is 1. The fourth-order valence-corrected chi connectivity index (χ4v) is 4.37. The molecule has 7 heteroatoms. The van der Waals surface area contributed by atoms with Crippen LogP contribution in [0, 0.1) is 6.92 Å². The van der Waals surface area contributed by atoms with Gasteiger partial charge in [-0.25, -0.2) is 9.50 Å². The predicted octanol–water partition coefficient (Wildman–Crippen LogP) is 2.48. The van der Waals surface area contributed by atoms with Crippen molar-refractivity contribution in [2.45, 2.75) is 13.5 Å². The number of nitrogens with zero attached hydrogens (tertiary/aromatic N) is 5. The largest absolute Gasteiger partial charge is 0.344 e. The number of thiophene rings is 1. The molecule has 0 spiro atoms. The molecule has 5 nitrogen and oxygen atoms in total. The van der Waals surface area contributed by atoms with Gasteiger partial charge in [-0.3, -0.25) is 4.90 Å². The molecule has 21 heavy (non-hydrogen) atoms. The van der Waals surface area contributed by atoms with E-state index in [2.05, 4.69) is 37.4 Å². The first kappa shape index (κ1) is 13.2. The zero-order valence-corrected chi connectivity index (χ0v) is 13.5. The summed E-state index contributed by atoms with van der Waals surface area (Å²) >= 11 is 3.52. The number of hydrogen-bond acceptors (Lipinski definition) is 6. The summed E-state index contributed by atoms with van der Waals surface area (Å²) in [5, 5.41) is 7.88. The molecule has 0 bridgehead atoms. The smallest absolute Gasteiger partial charge is 0.214 e. The van der Waals surface area contributed by atoms with E-state index >= 15 is 0 Å². The summed E-state index contributed by atoms with van der Waals surface area (Å²) in [5.41, 5.74) is 1.03. The van der Waals surface area contributed by atoms with Crippen molar-refractivity contribution < 1.29 is 0 Å². The number of imidazole rings is 1. The Morgan fingerprint density at radius 1 is 1.24 bits per heavy atom. The van der Waals surface area contributed by atoms with Crippen molar-refractivity contribution in [2.75, 3.05) is 31.1 Å². The van der Waals surface area contributed by atoms with Gasteiger partial charge in [0.15, 0.2) is 0 Å². The summed E-state index contributed by atoms with van der Waals surface area (Å²) < 4.78 is 1.90. The molecule has 1 fully saturated rings. The van der Waals surface area contributed by atoms with Crippen molar-refractivity contribution in [1.82, 2.24) is 19.5 Å². The van der Waals surface area contributed by atoms with Gasteiger partial charge in [-0.05, 0) is 18.4 Å². The average Bonchev–Trinajstić information content (AvgIpc) is 3.16. The first-order chi connectivity index (χ1) is 10.3. The fourth-order valence-electron chi connectivity index (χ4n) is 2.65. The Bertz CT molecular complexity index is 690. The minimum absolute atomic E-state index is 0.989. The molecule has 110 valence electrons. The van der Waals surface area contributed by atoms with Crippen LogP contribution >= 0.6 is 22.7 Å². The Hall–Kier alpha value is -1.44. The van der Waals surface area contributed by atoms with Crippen molar-refractivity contribution in [3.63, 3.8) is 0 Å². The Morgan fingerprint density at radius 3 is 2.81 bits per heavy atom. The van der Waals surface area contributed by atoms with Gasteiger partial charge < -0.3 is 4.90 Å². The monoisotopic (exact) mass is 319 g/mol. The van der Waals surface area contributed by atoms with E-state index in [0.717, 1.165) is 48.5 Å².